The number of thioether (sulfide) groups is 1. The third-order valence-electron chi connectivity index (χ3n) is 2.87. The molecule has 1 aliphatic rings. The van der Waals surface area contributed by atoms with Crippen molar-refractivity contribution in [2.24, 2.45) is 0 Å². The predicted octanol–water partition coefficient (Wildman–Crippen LogP) is 2.52. The second-order valence-corrected chi connectivity index (χ2v) is 5.73. The molecule has 1 aliphatic heterocycles. The summed E-state index contributed by atoms with van der Waals surface area (Å²) < 4.78 is 5.38. The third kappa shape index (κ3) is 4.07. The maximum absolute atomic E-state index is 10.4. The molecule has 1 atom stereocenters. The summed E-state index contributed by atoms with van der Waals surface area (Å²) in [5.41, 5.74) is 0.753. The van der Waals surface area contributed by atoms with Gasteiger partial charge in [-0.25, -0.2) is 4.98 Å². The summed E-state index contributed by atoms with van der Waals surface area (Å²) in [4.78, 5) is 14.8. The number of nitrogens with zero attached hydrogens (tertiary/aromatic N) is 1. The average Bonchev–Trinajstić information content (AvgIpc) is 2.75. The third-order valence-corrected chi connectivity index (χ3v) is 4.27. The number of aryl methyl sites for hydroxylation is 1. The minimum Gasteiger partial charge on any atom is -0.481 e. The molecule has 1 N–H and O–H groups in total. The van der Waals surface area contributed by atoms with E-state index in [2.05, 4.69) is 4.98 Å². The van der Waals surface area contributed by atoms with Gasteiger partial charge in [0.25, 0.3) is 0 Å². The van der Waals surface area contributed by atoms with Gasteiger partial charge < -0.3 is 9.52 Å². The van der Waals surface area contributed by atoms with Gasteiger partial charge in [-0.05, 0) is 18.6 Å². The molecule has 0 bridgehead atoms. The maximum Gasteiger partial charge on any atom is 0.303 e. The van der Waals surface area contributed by atoms with Crippen LogP contribution in [-0.2, 0) is 17.6 Å². The molecule has 1 saturated heterocycles. The summed E-state index contributed by atoms with van der Waals surface area (Å²) in [5.74, 6) is 1.19. The van der Waals surface area contributed by atoms with Crippen molar-refractivity contribution in [3.63, 3.8) is 0 Å². The van der Waals surface area contributed by atoms with Crippen LogP contribution in [0.25, 0.3) is 0 Å². The molecule has 1 aromatic heterocycles. The summed E-state index contributed by atoms with van der Waals surface area (Å²) in [5, 5.41) is 9.20. The smallest absolute Gasteiger partial charge is 0.303 e. The standard InChI is InChI=1S/C12H17NO3S/c14-12(15)5-4-9-8-16-11(13-9)7-10-3-1-2-6-17-10/h8,10H,1-7H2,(H,14,15). The molecule has 1 unspecified atom stereocenters. The Bertz CT molecular complexity index is 372. The van der Waals surface area contributed by atoms with Gasteiger partial charge in [0.2, 0.25) is 0 Å². The van der Waals surface area contributed by atoms with Gasteiger partial charge in [0, 0.05) is 18.1 Å². The number of hydrogen-bond acceptors (Lipinski definition) is 4. The molecule has 0 radical (unpaired) electrons. The summed E-state index contributed by atoms with van der Waals surface area (Å²) in [6.07, 6.45) is 6.88. The molecule has 4 nitrogen and oxygen atoms in total. The van der Waals surface area contributed by atoms with Crippen molar-refractivity contribution in [2.45, 2.75) is 43.8 Å². The molecule has 1 fully saturated rings. The van der Waals surface area contributed by atoms with Crippen LogP contribution in [0.15, 0.2) is 10.7 Å². The zero-order valence-corrected chi connectivity index (χ0v) is 10.5. The maximum atomic E-state index is 10.4. The lowest BCUT2D eigenvalue weighted by Crippen LogP contribution is -2.12. The van der Waals surface area contributed by atoms with Crippen LogP contribution in [0.2, 0.25) is 0 Å². The van der Waals surface area contributed by atoms with Crippen molar-refractivity contribution in [1.82, 2.24) is 4.98 Å². The molecule has 0 spiro atoms. The first-order valence-corrected chi connectivity index (χ1v) is 7.05. The largest absolute Gasteiger partial charge is 0.481 e. The first-order chi connectivity index (χ1) is 8.24. The minimum atomic E-state index is -0.794. The van der Waals surface area contributed by atoms with Crippen molar-refractivity contribution >= 4 is 17.7 Å². The summed E-state index contributed by atoms with van der Waals surface area (Å²) >= 11 is 1.99. The fourth-order valence-corrected chi connectivity index (χ4v) is 3.25. The molecule has 5 heteroatoms. The molecule has 0 aliphatic carbocycles. The molecule has 17 heavy (non-hydrogen) atoms. The van der Waals surface area contributed by atoms with Crippen LogP contribution in [0.4, 0.5) is 0 Å². The van der Waals surface area contributed by atoms with Gasteiger partial charge in [-0.1, -0.05) is 6.42 Å². The Balaban J connectivity index is 1.82. The van der Waals surface area contributed by atoms with E-state index in [1.165, 1.54) is 25.0 Å². The van der Waals surface area contributed by atoms with Crippen molar-refractivity contribution < 1.29 is 14.3 Å². The number of carboxylic acids is 1. The fraction of sp³-hybridized carbons (Fsp3) is 0.667. The molecular weight excluding hydrogens is 238 g/mol. The first kappa shape index (κ1) is 12.5. The Kier molecular flexibility index (Phi) is 4.48. The van der Waals surface area contributed by atoms with Crippen LogP contribution in [0.5, 0.6) is 0 Å². The van der Waals surface area contributed by atoms with E-state index in [0.717, 1.165) is 18.0 Å². The van der Waals surface area contributed by atoms with Crippen LogP contribution >= 0.6 is 11.8 Å². The predicted molar refractivity (Wildman–Crippen MR) is 66.3 cm³/mol. The van der Waals surface area contributed by atoms with Crippen molar-refractivity contribution in [3.05, 3.63) is 17.8 Å². The Morgan fingerprint density at radius 3 is 3.18 bits per heavy atom. The van der Waals surface area contributed by atoms with E-state index >= 15 is 0 Å². The number of hydrogen-bond donors (Lipinski definition) is 1. The minimum absolute atomic E-state index is 0.115. The van der Waals surface area contributed by atoms with Crippen molar-refractivity contribution in [1.29, 1.82) is 0 Å². The van der Waals surface area contributed by atoms with Crippen LogP contribution < -0.4 is 0 Å². The van der Waals surface area contributed by atoms with Gasteiger partial charge in [-0.3, -0.25) is 4.79 Å². The topological polar surface area (TPSA) is 63.3 Å². The monoisotopic (exact) mass is 255 g/mol. The highest BCUT2D eigenvalue weighted by molar-refractivity contribution is 7.99. The highest BCUT2D eigenvalue weighted by atomic mass is 32.2. The lowest BCUT2D eigenvalue weighted by molar-refractivity contribution is -0.136. The van der Waals surface area contributed by atoms with Crippen molar-refractivity contribution in [3.8, 4) is 0 Å². The normalized spacial score (nSPS) is 20.4. The molecule has 2 heterocycles. The second-order valence-electron chi connectivity index (χ2n) is 4.32. The summed E-state index contributed by atoms with van der Waals surface area (Å²) in [6, 6.07) is 0. The average molecular weight is 255 g/mol. The van der Waals surface area contributed by atoms with Crippen LogP contribution in [0.1, 0.15) is 37.3 Å². The Morgan fingerprint density at radius 1 is 1.59 bits per heavy atom. The molecule has 2 rings (SSSR count). The van der Waals surface area contributed by atoms with Crippen LogP contribution in [-0.4, -0.2) is 27.1 Å². The highest BCUT2D eigenvalue weighted by Gasteiger charge is 2.17. The van der Waals surface area contributed by atoms with Gasteiger partial charge in [-0.2, -0.15) is 11.8 Å². The van der Waals surface area contributed by atoms with Crippen LogP contribution in [0.3, 0.4) is 0 Å². The number of carbonyl (C=O) groups is 1. The van der Waals surface area contributed by atoms with Crippen molar-refractivity contribution in [2.75, 3.05) is 5.75 Å². The lowest BCUT2D eigenvalue weighted by atomic mass is 10.1. The zero-order valence-electron chi connectivity index (χ0n) is 9.72. The second kappa shape index (κ2) is 6.10. The number of aliphatic carboxylic acids is 1. The molecule has 0 saturated carbocycles. The van der Waals surface area contributed by atoms with E-state index in [9.17, 15) is 4.79 Å². The highest BCUT2D eigenvalue weighted by Crippen LogP contribution is 2.27. The first-order valence-electron chi connectivity index (χ1n) is 6.00. The van der Waals surface area contributed by atoms with Gasteiger partial charge >= 0.3 is 5.97 Å². The summed E-state index contributed by atoms with van der Waals surface area (Å²) in [6.45, 7) is 0. The quantitative estimate of drug-likeness (QED) is 0.876. The van der Waals surface area contributed by atoms with Gasteiger partial charge in [0.05, 0.1) is 12.1 Å². The SMILES string of the molecule is O=C(O)CCc1coc(CC2CCCCS2)n1. The van der Waals surface area contributed by atoms with E-state index in [1.807, 2.05) is 11.8 Å². The van der Waals surface area contributed by atoms with Gasteiger partial charge in [-0.15, -0.1) is 0 Å². The fourth-order valence-electron chi connectivity index (χ4n) is 1.96. The number of rotatable bonds is 5. The number of oxazole rings is 1. The molecular formula is C12H17NO3S. The Hall–Kier alpha value is -0.970. The number of aromatic nitrogens is 1. The van der Waals surface area contributed by atoms with Gasteiger partial charge in [0.15, 0.2) is 5.89 Å². The summed E-state index contributed by atoms with van der Waals surface area (Å²) in [7, 11) is 0. The van der Waals surface area contributed by atoms with E-state index in [1.54, 1.807) is 6.26 Å². The van der Waals surface area contributed by atoms with Gasteiger partial charge in [0.1, 0.15) is 6.26 Å². The van der Waals surface area contributed by atoms with E-state index in [-0.39, 0.29) is 6.42 Å². The molecule has 94 valence electrons. The number of carboxylic acid groups (broad SMARTS) is 1. The molecule has 1 aromatic rings. The Morgan fingerprint density at radius 2 is 2.47 bits per heavy atom. The van der Waals surface area contributed by atoms with E-state index in [4.69, 9.17) is 9.52 Å². The van der Waals surface area contributed by atoms with Crippen LogP contribution in [0, 0.1) is 0 Å². The zero-order chi connectivity index (χ0) is 12.1. The Labute approximate surface area is 105 Å². The van der Waals surface area contributed by atoms with E-state index < -0.39 is 5.97 Å². The lowest BCUT2D eigenvalue weighted by Gasteiger charge is -2.19. The molecule has 0 amide bonds. The molecule has 0 aromatic carbocycles. The van der Waals surface area contributed by atoms with E-state index in [0.29, 0.717) is 11.7 Å².